The van der Waals surface area contributed by atoms with Crippen molar-refractivity contribution in [1.29, 1.82) is 0 Å². The van der Waals surface area contributed by atoms with Crippen LogP contribution in [0, 0.1) is 0 Å². The number of nitrogens with one attached hydrogen (secondary N) is 1. The van der Waals surface area contributed by atoms with Gasteiger partial charge in [-0.15, -0.1) is 11.3 Å². The van der Waals surface area contributed by atoms with Crippen LogP contribution in [0.2, 0.25) is 5.02 Å². The van der Waals surface area contributed by atoms with Gasteiger partial charge >= 0.3 is 0 Å². The molecule has 0 aliphatic heterocycles. The Morgan fingerprint density at radius 1 is 1.29 bits per heavy atom. The molecule has 2 aromatic heterocycles. The lowest BCUT2D eigenvalue weighted by Gasteiger charge is -2.08. The molecule has 2 rings (SSSR count). The second-order valence-electron chi connectivity index (χ2n) is 4.04. The van der Waals surface area contributed by atoms with Gasteiger partial charge in [-0.1, -0.05) is 25.4 Å². The summed E-state index contributed by atoms with van der Waals surface area (Å²) in [7, 11) is 1.86. The summed E-state index contributed by atoms with van der Waals surface area (Å²) in [5.41, 5.74) is 1.03. The van der Waals surface area contributed by atoms with Crippen molar-refractivity contribution in [2.24, 2.45) is 0 Å². The van der Waals surface area contributed by atoms with E-state index in [-0.39, 0.29) is 0 Å². The van der Waals surface area contributed by atoms with Gasteiger partial charge in [0, 0.05) is 24.2 Å². The standard InChI is InChI=1S/C12H14ClN3S/c1-7(2)9-5-11(14-3)16-12(15-9)10-4-8(13)6-17-10/h4-7H,1-3H3,(H,14,15,16). The van der Waals surface area contributed by atoms with Crippen molar-refractivity contribution in [1.82, 2.24) is 9.97 Å². The van der Waals surface area contributed by atoms with Crippen LogP contribution in [0.4, 0.5) is 5.82 Å². The van der Waals surface area contributed by atoms with E-state index in [4.69, 9.17) is 11.6 Å². The molecule has 2 aromatic rings. The van der Waals surface area contributed by atoms with Gasteiger partial charge < -0.3 is 5.32 Å². The lowest BCUT2D eigenvalue weighted by Crippen LogP contribution is -2.01. The highest BCUT2D eigenvalue weighted by Crippen LogP contribution is 2.29. The van der Waals surface area contributed by atoms with Crippen LogP contribution < -0.4 is 5.32 Å². The first-order valence-corrected chi connectivity index (χ1v) is 6.67. The summed E-state index contributed by atoms with van der Waals surface area (Å²) in [6, 6.07) is 3.87. The molecule has 0 aliphatic carbocycles. The molecule has 17 heavy (non-hydrogen) atoms. The minimum absolute atomic E-state index is 0.374. The van der Waals surface area contributed by atoms with Gasteiger partial charge in [-0.25, -0.2) is 9.97 Å². The highest BCUT2D eigenvalue weighted by Gasteiger charge is 2.10. The monoisotopic (exact) mass is 267 g/mol. The van der Waals surface area contributed by atoms with Crippen LogP contribution in [-0.4, -0.2) is 17.0 Å². The van der Waals surface area contributed by atoms with Gasteiger partial charge in [0.15, 0.2) is 5.82 Å². The molecular weight excluding hydrogens is 254 g/mol. The molecule has 0 saturated heterocycles. The minimum Gasteiger partial charge on any atom is -0.373 e. The van der Waals surface area contributed by atoms with Gasteiger partial charge in [-0.2, -0.15) is 0 Å². The summed E-state index contributed by atoms with van der Waals surface area (Å²) in [4.78, 5) is 10.0. The fraction of sp³-hybridized carbons (Fsp3) is 0.333. The molecule has 0 aromatic carbocycles. The van der Waals surface area contributed by atoms with E-state index in [1.165, 1.54) is 0 Å². The predicted octanol–water partition coefficient (Wildman–Crippen LogP) is 4.02. The third-order valence-corrected chi connectivity index (χ3v) is 3.66. The predicted molar refractivity (Wildman–Crippen MR) is 74.0 cm³/mol. The van der Waals surface area contributed by atoms with Gasteiger partial charge in [0.25, 0.3) is 0 Å². The van der Waals surface area contributed by atoms with E-state index < -0.39 is 0 Å². The van der Waals surface area contributed by atoms with Crippen molar-refractivity contribution < 1.29 is 0 Å². The Morgan fingerprint density at radius 3 is 2.59 bits per heavy atom. The largest absolute Gasteiger partial charge is 0.373 e. The van der Waals surface area contributed by atoms with Crippen molar-refractivity contribution in [3.63, 3.8) is 0 Å². The van der Waals surface area contributed by atoms with E-state index in [1.54, 1.807) is 11.3 Å². The van der Waals surface area contributed by atoms with E-state index in [2.05, 4.69) is 29.1 Å². The zero-order valence-corrected chi connectivity index (χ0v) is 11.6. The van der Waals surface area contributed by atoms with Gasteiger partial charge in [0.05, 0.1) is 9.90 Å². The number of hydrogen-bond donors (Lipinski definition) is 1. The first kappa shape index (κ1) is 12.3. The average molecular weight is 268 g/mol. The second kappa shape index (κ2) is 5.02. The van der Waals surface area contributed by atoms with Crippen molar-refractivity contribution >= 4 is 28.8 Å². The zero-order chi connectivity index (χ0) is 12.4. The van der Waals surface area contributed by atoms with Crippen LogP contribution in [0.5, 0.6) is 0 Å². The molecule has 0 aliphatic rings. The van der Waals surface area contributed by atoms with E-state index in [0.29, 0.717) is 5.92 Å². The highest BCUT2D eigenvalue weighted by molar-refractivity contribution is 7.14. The van der Waals surface area contributed by atoms with Crippen LogP contribution in [0.1, 0.15) is 25.5 Å². The SMILES string of the molecule is CNc1cc(C(C)C)nc(-c2cc(Cl)cs2)n1. The quantitative estimate of drug-likeness (QED) is 0.913. The summed E-state index contributed by atoms with van der Waals surface area (Å²) >= 11 is 7.48. The number of thiophene rings is 1. The molecule has 5 heteroatoms. The van der Waals surface area contributed by atoms with Crippen LogP contribution in [0.15, 0.2) is 17.5 Å². The molecule has 3 nitrogen and oxygen atoms in total. The average Bonchev–Trinajstić information content (AvgIpc) is 2.75. The lowest BCUT2D eigenvalue weighted by molar-refractivity contribution is 0.818. The Kier molecular flexibility index (Phi) is 3.64. The summed E-state index contributed by atoms with van der Waals surface area (Å²) < 4.78 is 0. The van der Waals surface area contributed by atoms with Crippen LogP contribution >= 0.6 is 22.9 Å². The van der Waals surface area contributed by atoms with Crippen molar-refractivity contribution in [2.75, 3.05) is 12.4 Å². The minimum atomic E-state index is 0.374. The Labute approximate surface area is 110 Å². The zero-order valence-electron chi connectivity index (χ0n) is 9.99. The third-order valence-electron chi connectivity index (χ3n) is 2.38. The molecule has 0 radical (unpaired) electrons. The summed E-state index contributed by atoms with van der Waals surface area (Å²) in [5, 5.41) is 5.68. The number of halogens is 1. The Bertz CT molecular complexity index is 522. The Balaban J connectivity index is 2.49. The lowest BCUT2D eigenvalue weighted by atomic mass is 10.1. The molecule has 0 saturated carbocycles. The number of anilines is 1. The number of hydrogen-bond acceptors (Lipinski definition) is 4. The molecule has 90 valence electrons. The Morgan fingerprint density at radius 2 is 2.06 bits per heavy atom. The molecule has 0 bridgehead atoms. The first-order valence-electron chi connectivity index (χ1n) is 5.41. The first-order chi connectivity index (χ1) is 8.10. The van der Waals surface area contributed by atoms with Gasteiger partial charge in [-0.05, 0) is 12.0 Å². The van der Waals surface area contributed by atoms with Gasteiger partial charge in [0.1, 0.15) is 5.82 Å². The maximum Gasteiger partial charge on any atom is 0.171 e. The van der Waals surface area contributed by atoms with E-state index in [1.807, 2.05) is 24.6 Å². The topological polar surface area (TPSA) is 37.8 Å². The summed E-state index contributed by atoms with van der Waals surface area (Å²) in [6.45, 7) is 4.24. The Hall–Kier alpha value is -1.13. The number of nitrogens with zero attached hydrogens (tertiary/aromatic N) is 2. The van der Waals surface area contributed by atoms with Crippen molar-refractivity contribution in [2.45, 2.75) is 19.8 Å². The van der Waals surface area contributed by atoms with E-state index >= 15 is 0 Å². The second-order valence-corrected chi connectivity index (χ2v) is 5.38. The fourth-order valence-electron chi connectivity index (χ4n) is 1.43. The molecule has 1 N–H and O–H groups in total. The van der Waals surface area contributed by atoms with Crippen molar-refractivity contribution in [3.8, 4) is 10.7 Å². The fourth-order valence-corrected chi connectivity index (χ4v) is 2.44. The normalized spacial score (nSPS) is 10.9. The van der Waals surface area contributed by atoms with Crippen LogP contribution in [0.3, 0.4) is 0 Å². The molecule has 0 unspecified atom stereocenters. The maximum absolute atomic E-state index is 5.93. The highest BCUT2D eigenvalue weighted by atomic mass is 35.5. The molecule has 0 fully saturated rings. The van der Waals surface area contributed by atoms with Gasteiger partial charge in [0.2, 0.25) is 0 Å². The molecule has 0 amide bonds. The molecule has 0 atom stereocenters. The smallest absolute Gasteiger partial charge is 0.171 e. The maximum atomic E-state index is 5.93. The molecule has 0 spiro atoms. The molecule has 2 heterocycles. The molecular formula is C12H14ClN3S. The number of aromatic nitrogens is 2. The van der Waals surface area contributed by atoms with Crippen molar-refractivity contribution in [3.05, 3.63) is 28.2 Å². The summed E-state index contributed by atoms with van der Waals surface area (Å²) in [6.07, 6.45) is 0. The van der Waals surface area contributed by atoms with E-state index in [0.717, 1.165) is 27.2 Å². The third kappa shape index (κ3) is 2.76. The number of rotatable bonds is 3. The van der Waals surface area contributed by atoms with Gasteiger partial charge in [-0.3, -0.25) is 0 Å². The van der Waals surface area contributed by atoms with Crippen LogP contribution in [0.25, 0.3) is 10.7 Å². The van der Waals surface area contributed by atoms with Crippen LogP contribution in [-0.2, 0) is 0 Å². The summed E-state index contributed by atoms with van der Waals surface area (Å²) in [5.74, 6) is 1.94. The van der Waals surface area contributed by atoms with E-state index in [9.17, 15) is 0 Å².